The predicted molar refractivity (Wildman–Crippen MR) is 116 cm³/mol. The zero-order chi connectivity index (χ0) is 20.4. The summed E-state index contributed by atoms with van der Waals surface area (Å²) >= 11 is 0. The Kier molecular flexibility index (Phi) is 5.14. The summed E-state index contributed by atoms with van der Waals surface area (Å²) in [4.78, 5) is 11.6. The molecule has 29 heavy (non-hydrogen) atoms. The molecule has 3 heteroatoms. The molecule has 1 heterocycles. The molecule has 0 aliphatic carbocycles. The van der Waals surface area contributed by atoms with Crippen LogP contribution in [0.3, 0.4) is 0 Å². The summed E-state index contributed by atoms with van der Waals surface area (Å²) in [5, 5.41) is 9.48. The van der Waals surface area contributed by atoms with Crippen molar-refractivity contribution >= 4 is 5.97 Å². The lowest BCUT2D eigenvalue weighted by molar-refractivity contribution is 0.0654. The molecule has 1 unspecified atom stereocenters. The number of aromatic carboxylic acids is 1. The molecule has 0 radical (unpaired) electrons. The molecule has 1 N–H and O–H groups in total. The average molecular weight is 386 g/mol. The van der Waals surface area contributed by atoms with E-state index in [1.807, 2.05) is 24.3 Å². The van der Waals surface area contributed by atoms with Crippen LogP contribution in [0.2, 0.25) is 0 Å². The van der Waals surface area contributed by atoms with E-state index >= 15 is 0 Å². The van der Waals surface area contributed by atoms with Gasteiger partial charge in [0.15, 0.2) is 0 Å². The van der Waals surface area contributed by atoms with E-state index in [-0.39, 0.29) is 5.60 Å². The van der Waals surface area contributed by atoms with Crippen LogP contribution >= 0.6 is 0 Å². The molecule has 0 saturated heterocycles. The van der Waals surface area contributed by atoms with Crippen molar-refractivity contribution in [1.82, 2.24) is 0 Å². The lowest BCUT2D eigenvalue weighted by Gasteiger charge is -2.36. The van der Waals surface area contributed by atoms with Crippen molar-refractivity contribution in [2.45, 2.75) is 45.1 Å². The summed E-state index contributed by atoms with van der Waals surface area (Å²) < 4.78 is 6.43. The summed E-state index contributed by atoms with van der Waals surface area (Å²) in [6.07, 6.45) is 3.77. The highest BCUT2D eigenvalue weighted by Crippen LogP contribution is 2.38. The topological polar surface area (TPSA) is 46.5 Å². The number of carbonyl (C=O) groups is 1. The van der Waals surface area contributed by atoms with Gasteiger partial charge in [0.1, 0.15) is 11.4 Å². The average Bonchev–Trinajstić information content (AvgIpc) is 2.73. The molecule has 3 aromatic rings. The Bertz CT molecular complexity index is 1040. The van der Waals surface area contributed by atoms with Crippen LogP contribution < -0.4 is 4.74 Å². The molecule has 0 spiro atoms. The molecule has 4 rings (SSSR count). The summed E-state index contributed by atoms with van der Waals surface area (Å²) in [6, 6.07) is 22.0. The summed E-state index contributed by atoms with van der Waals surface area (Å²) in [6.45, 7) is 4.35. The van der Waals surface area contributed by atoms with Crippen LogP contribution in [-0.4, -0.2) is 16.7 Å². The highest BCUT2D eigenvalue weighted by molar-refractivity contribution is 5.96. The highest BCUT2D eigenvalue weighted by Gasteiger charge is 2.32. The quantitative estimate of drug-likeness (QED) is 0.590. The maximum Gasteiger partial charge on any atom is 0.336 e. The lowest BCUT2D eigenvalue weighted by Crippen LogP contribution is -2.38. The van der Waals surface area contributed by atoms with Gasteiger partial charge in [-0.2, -0.15) is 0 Å². The van der Waals surface area contributed by atoms with Gasteiger partial charge in [-0.3, -0.25) is 0 Å². The standard InChI is InChI=1S/C26H26O3/c1-3-18-8-10-19(11-9-18)17-26(2)15-14-21-16-20(12-13-24(21)29-26)22-6-4-5-7-23(22)25(27)28/h4-13,16H,3,14-15,17H2,1-2H3,(H,27,28). The van der Waals surface area contributed by atoms with Gasteiger partial charge in [-0.05, 0) is 72.2 Å². The summed E-state index contributed by atoms with van der Waals surface area (Å²) in [7, 11) is 0. The van der Waals surface area contributed by atoms with Crippen LogP contribution in [0, 0.1) is 0 Å². The molecule has 0 amide bonds. The fourth-order valence-corrected chi connectivity index (χ4v) is 4.13. The van der Waals surface area contributed by atoms with Gasteiger partial charge in [0.25, 0.3) is 0 Å². The molecular weight excluding hydrogens is 360 g/mol. The van der Waals surface area contributed by atoms with Crippen molar-refractivity contribution in [3.05, 3.63) is 89.0 Å². The fourth-order valence-electron chi connectivity index (χ4n) is 4.13. The molecule has 0 fully saturated rings. The minimum absolute atomic E-state index is 0.235. The Balaban J connectivity index is 1.57. The molecule has 1 aliphatic rings. The summed E-state index contributed by atoms with van der Waals surface area (Å²) in [5.74, 6) is -0.00304. The van der Waals surface area contributed by atoms with Gasteiger partial charge in [0, 0.05) is 6.42 Å². The van der Waals surface area contributed by atoms with E-state index in [4.69, 9.17) is 4.74 Å². The maximum absolute atomic E-state index is 11.6. The normalized spacial score (nSPS) is 18.0. The van der Waals surface area contributed by atoms with Crippen LogP contribution in [-0.2, 0) is 19.3 Å². The molecule has 0 saturated carbocycles. The van der Waals surface area contributed by atoms with Crippen molar-refractivity contribution < 1.29 is 14.6 Å². The first-order valence-corrected chi connectivity index (χ1v) is 10.2. The van der Waals surface area contributed by atoms with Gasteiger partial charge < -0.3 is 9.84 Å². The molecular formula is C26H26O3. The second kappa shape index (κ2) is 7.75. The number of carboxylic acids is 1. The molecule has 148 valence electrons. The number of aryl methyl sites for hydroxylation is 2. The fraction of sp³-hybridized carbons (Fsp3) is 0.269. The molecule has 0 aromatic heterocycles. The first-order valence-electron chi connectivity index (χ1n) is 10.2. The van der Waals surface area contributed by atoms with Crippen molar-refractivity contribution in [2.75, 3.05) is 0 Å². The predicted octanol–water partition coefficient (Wildman–Crippen LogP) is 5.94. The van der Waals surface area contributed by atoms with Crippen LogP contribution in [0.4, 0.5) is 0 Å². The third-order valence-corrected chi connectivity index (χ3v) is 5.82. The van der Waals surface area contributed by atoms with Crippen LogP contribution in [0.5, 0.6) is 5.75 Å². The number of benzene rings is 3. The first kappa shape index (κ1) is 19.3. The van der Waals surface area contributed by atoms with E-state index in [1.165, 1.54) is 11.1 Å². The van der Waals surface area contributed by atoms with Gasteiger partial charge in [-0.15, -0.1) is 0 Å². The SMILES string of the molecule is CCc1ccc(CC2(C)CCc3cc(-c4ccccc4C(=O)O)ccc3O2)cc1. The first-order chi connectivity index (χ1) is 14.0. The second-order valence-electron chi connectivity index (χ2n) is 8.07. The van der Waals surface area contributed by atoms with Crippen LogP contribution in [0.15, 0.2) is 66.7 Å². The van der Waals surface area contributed by atoms with Gasteiger partial charge in [-0.1, -0.05) is 55.5 Å². The zero-order valence-corrected chi connectivity index (χ0v) is 16.9. The Morgan fingerprint density at radius 2 is 1.76 bits per heavy atom. The van der Waals surface area contributed by atoms with Crippen molar-refractivity contribution in [3.63, 3.8) is 0 Å². The number of rotatable bonds is 5. The van der Waals surface area contributed by atoms with E-state index in [1.54, 1.807) is 12.1 Å². The lowest BCUT2D eigenvalue weighted by atomic mass is 9.86. The monoisotopic (exact) mass is 386 g/mol. The smallest absolute Gasteiger partial charge is 0.336 e. The largest absolute Gasteiger partial charge is 0.487 e. The third kappa shape index (κ3) is 4.04. The van der Waals surface area contributed by atoms with E-state index < -0.39 is 5.97 Å². The molecule has 0 bridgehead atoms. The van der Waals surface area contributed by atoms with Gasteiger partial charge in [0.05, 0.1) is 5.56 Å². The van der Waals surface area contributed by atoms with E-state index in [0.29, 0.717) is 5.56 Å². The second-order valence-corrected chi connectivity index (χ2v) is 8.07. The number of carboxylic acid groups (broad SMARTS) is 1. The minimum Gasteiger partial charge on any atom is -0.487 e. The zero-order valence-electron chi connectivity index (χ0n) is 16.9. The Morgan fingerprint density at radius 3 is 2.48 bits per heavy atom. The summed E-state index contributed by atoms with van der Waals surface area (Å²) in [5.41, 5.74) is 5.53. The van der Waals surface area contributed by atoms with Gasteiger partial charge in [-0.25, -0.2) is 4.79 Å². The number of hydrogen-bond acceptors (Lipinski definition) is 2. The number of ether oxygens (including phenoxy) is 1. The minimum atomic E-state index is -0.906. The molecule has 3 aromatic carbocycles. The van der Waals surface area contributed by atoms with Crippen molar-refractivity contribution in [1.29, 1.82) is 0 Å². The number of fused-ring (bicyclic) bond motifs is 1. The van der Waals surface area contributed by atoms with E-state index in [0.717, 1.165) is 48.1 Å². The Morgan fingerprint density at radius 1 is 1.03 bits per heavy atom. The van der Waals surface area contributed by atoms with Gasteiger partial charge in [0.2, 0.25) is 0 Å². The van der Waals surface area contributed by atoms with Crippen LogP contribution in [0.25, 0.3) is 11.1 Å². The maximum atomic E-state index is 11.6. The number of hydrogen-bond donors (Lipinski definition) is 1. The van der Waals surface area contributed by atoms with Gasteiger partial charge >= 0.3 is 5.97 Å². The molecule has 3 nitrogen and oxygen atoms in total. The third-order valence-electron chi connectivity index (χ3n) is 5.82. The van der Waals surface area contributed by atoms with Crippen molar-refractivity contribution in [3.8, 4) is 16.9 Å². The highest BCUT2D eigenvalue weighted by atomic mass is 16.5. The van der Waals surface area contributed by atoms with E-state index in [9.17, 15) is 9.90 Å². The van der Waals surface area contributed by atoms with Crippen molar-refractivity contribution in [2.24, 2.45) is 0 Å². The van der Waals surface area contributed by atoms with Crippen LogP contribution in [0.1, 0.15) is 47.3 Å². The Labute approximate surface area is 172 Å². The molecule has 1 atom stereocenters. The Hall–Kier alpha value is -3.07. The molecule has 1 aliphatic heterocycles. The van der Waals surface area contributed by atoms with E-state index in [2.05, 4.69) is 44.2 Å².